The zero-order valence-corrected chi connectivity index (χ0v) is 11.4. The zero-order valence-electron chi connectivity index (χ0n) is 11.4. The third kappa shape index (κ3) is 6.70. The predicted octanol–water partition coefficient (Wildman–Crippen LogP) is 4.47. The summed E-state index contributed by atoms with van der Waals surface area (Å²) in [6, 6.07) is 0. The van der Waals surface area contributed by atoms with E-state index in [9.17, 15) is 4.79 Å². The first-order valence-corrected chi connectivity index (χ1v) is 7.51. The number of ether oxygens (including phenoxy) is 1. The van der Waals surface area contributed by atoms with Gasteiger partial charge in [0.05, 0.1) is 12.5 Å². The molecule has 0 unspecified atom stereocenters. The van der Waals surface area contributed by atoms with Gasteiger partial charge in [0.1, 0.15) is 0 Å². The van der Waals surface area contributed by atoms with E-state index in [1.54, 1.807) is 0 Å². The van der Waals surface area contributed by atoms with Gasteiger partial charge in [0, 0.05) is 0 Å². The van der Waals surface area contributed by atoms with Gasteiger partial charge in [0.25, 0.3) is 0 Å². The minimum atomic E-state index is 0.0459. The maximum absolute atomic E-state index is 11.2. The van der Waals surface area contributed by atoms with Crippen LogP contribution in [0.25, 0.3) is 0 Å². The fourth-order valence-electron chi connectivity index (χ4n) is 2.50. The van der Waals surface area contributed by atoms with Crippen LogP contribution in [0.2, 0.25) is 0 Å². The van der Waals surface area contributed by atoms with Crippen LogP contribution in [0.1, 0.15) is 77.6 Å². The Hall–Kier alpha value is -0.530. The van der Waals surface area contributed by atoms with Gasteiger partial charge in [-0.1, -0.05) is 64.7 Å². The van der Waals surface area contributed by atoms with Crippen molar-refractivity contribution in [2.75, 3.05) is 6.61 Å². The van der Waals surface area contributed by atoms with Crippen LogP contribution in [0.4, 0.5) is 0 Å². The molecule has 2 heteroatoms. The molecule has 0 aromatic carbocycles. The predicted molar refractivity (Wildman–Crippen MR) is 70.9 cm³/mol. The summed E-state index contributed by atoms with van der Waals surface area (Å²) in [5.74, 6) is 0.268. The summed E-state index contributed by atoms with van der Waals surface area (Å²) in [5.41, 5.74) is 0. The SMILES string of the molecule is CCCCCCCCCCC[C@@H]1CCOC1=O. The number of hydrogen-bond donors (Lipinski definition) is 0. The van der Waals surface area contributed by atoms with Gasteiger partial charge in [0.2, 0.25) is 0 Å². The molecule has 0 N–H and O–H groups in total. The van der Waals surface area contributed by atoms with E-state index in [0.717, 1.165) is 12.8 Å². The highest BCUT2D eigenvalue weighted by atomic mass is 16.5. The molecule has 0 saturated carbocycles. The van der Waals surface area contributed by atoms with Crippen LogP contribution in [0, 0.1) is 5.92 Å². The Morgan fingerprint density at radius 2 is 1.59 bits per heavy atom. The molecular formula is C15H28O2. The first kappa shape index (κ1) is 14.5. The lowest BCUT2D eigenvalue weighted by atomic mass is 9.99. The maximum atomic E-state index is 11.2. The Bertz CT molecular complexity index is 201. The maximum Gasteiger partial charge on any atom is 0.309 e. The van der Waals surface area contributed by atoms with Crippen molar-refractivity contribution in [3.05, 3.63) is 0 Å². The van der Waals surface area contributed by atoms with Gasteiger partial charge in [-0.05, 0) is 12.8 Å². The fraction of sp³-hybridized carbons (Fsp3) is 0.933. The van der Waals surface area contributed by atoms with Crippen LogP contribution in [0.15, 0.2) is 0 Å². The van der Waals surface area contributed by atoms with Crippen LogP contribution in [-0.2, 0) is 9.53 Å². The van der Waals surface area contributed by atoms with E-state index in [1.807, 2.05) is 0 Å². The standard InChI is InChI=1S/C15H28O2/c1-2-3-4-5-6-7-8-9-10-11-14-12-13-17-15(14)16/h14H,2-13H2,1H3/t14-/m1/s1. The van der Waals surface area contributed by atoms with Gasteiger partial charge in [-0.2, -0.15) is 0 Å². The summed E-state index contributed by atoms with van der Waals surface area (Å²) in [5, 5.41) is 0. The topological polar surface area (TPSA) is 26.3 Å². The molecule has 100 valence electrons. The summed E-state index contributed by atoms with van der Waals surface area (Å²) in [4.78, 5) is 11.2. The van der Waals surface area contributed by atoms with E-state index >= 15 is 0 Å². The third-order valence-corrected chi connectivity index (χ3v) is 3.70. The van der Waals surface area contributed by atoms with Crippen molar-refractivity contribution in [1.29, 1.82) is 0 Å². The number of esters is 1. The highest BCUT2D eigenvalue weighted by Gasteiger charge is 2.25. The molecule has 0 spiro atoms. The second kappa shape index (κ2) is 9.49. The summed E-state index contributed by atoms with van der Waals surface area (Å²) < 4.78 is 4.96. The normalized spacial score (nSPS) is 19.6. The summed E-state index contributed by atoms with van der Waals surface area (Å²) in [7, 11) is 0. The van der Waals surface area contributed by atoms with E-state index in [4.69, 9.17) is 4.74 Å². The van der Waals surface area contributed by atoms with E-state index in [1.165, 1.54) is 57.8 Å². The Balaban J connectivity index is 1.80. The Kier molecular flexibility index (Phi) is 8.12. The van der Waals surface area contributed by atoms with E-state index in [0.29, 0.717) is 6.61 Å². The van der Waals surface area contributed by atoms with Gasteiger partial charge in [-0.15, -0.1) is 0 Å². The molecule has 1 aliphatic rings. The monoisotopic (exact) mass is 240 g/mol. The average molecular weight is 240 g/mol. The highest BCUT2D eigenvalue weighted by Crippen LogP contribution is 2.21. The molecule has 2 nitrogen and oxygen atoms in total. The van der Waals surface area contributed by atoms with Crippen LogP contribution in [-0.4, -0.2) is 12.6 Å². The molecule has 0 aliphatic carbocycles. The zero-order chi connectivity index (χ0) is 12.3. The number of hydrogen-bond acceptors (Lipinski definition) is 2. The quantitative estimate of drug-likeness (QED) is 0.416. The molecule has 0 radical (unpaired) electrons. The van der Waals surface area contributed by atoms with Crippen molar-refractivity contribution in [1.82, 2.24) is 0 Å². The molecule has 1 rings (SSSR count). The number of carbonyl (C=O) groups excluding carboxylic acids is 1. The van der Waals surface area contributed by atoms with E-state index in [2.05, 4.69) is 6.92 Å². The molecule has 0 aromatic heterocycles. The van der Waals surface area contributed by atoms with Crippen LogP contribution >= 0.6 is 0 Å². The van der Waals surface area contributed by atoms with Gasteiger partial charge >= 0.3 is 5.97 Å². The summed E-state index contributed by atoms with van der Waals surface area (Å²) in [6.07, 6.45) is 14.1. The average Bonchev–Trinajstić information content (AvgIpc) is 2.73. The molecule has 17 heavy (non-hydrogen) atoms. The number of cyclic esters (lactones) is 1. The Morgan fingerprint density at radius 3 is 2.12 bits per heavy atom. The first-order chi connectivity index (χ1) is 8.34. The minimum absolute atomic E-state index is 0.0459. The molecule has 0 aromatic rings. The Labute approximate surface area is 106 Å². The van der Waals surface area contributed by atoms with Crippen LogP contribution < -0.4 is 0 Å². The van der Waals surface area contributed by atoms with Gasteiger partial charge in [-0.25, -0.2) is 0 Å². The highest BCUT2D eigenvalue weighted by molar-refractivity contribution is 5.73. The number of unbranched alkanes of at least 4 members (excludes halogenated alkanes) is 8. The van der Waals surface area contributed by atoms with Crippen molar-refractivity contribution >= 4 is 5.97 Å². The van der Waals surface area contributed by atoms with E-state index in [-0.39, 0.29) is 11.9 Å². The van der Waals surface area contributed by atoms with Gasteiger partial charge in [0.15, 0.2) is 0 Å². The minimum Gasteiger partial charge on any atom is -0.465 e. The molecule has 1 aliphatic heterocycles. The molecule has 1 atom stereocenters. The van der Waals surface area contributed by atoms with Crippen molar-refractivity contribution in [2.45, 2.75) is 77.6 Å². The van der Waals surface area contributed by atoms with Crippen molar-refractivity contribution < 1.29 is 9.53 Å². The lowest BCUT2D eigenvalue weighted by Crippen LogP contribution is -2.06. The van der Waals surface area contributed by atoms with Gasteiger partial charge < -0.3 is 4.74 Å². The molecule has 1 heterocycles. The van der Waals surface area contributed by atoms with E-state index < -0.39 is 0 Å². The molecule has 0 amide bonds. The third-order valence-electron chi connectivity index (χ3n) is 3.70. The summed E-state index contributed by atoms with van der Waals surface area (Å²) >= 11 is 0. The fourth-order valence-corrected chi connectivity index (χ4v) is 2.50. The number of carbonyl (C=O) groups is 1. The van der Waals surface area contributed by atoms with Crippen molar-refractivity contribution in [2.24, 2.45) is 5.92 Å². The summed E-state index contributed by atoms with van der Waals surface area (Å²) in [6.45, 7) is 2.91. The van der Waals surface area contributed by atoms with Crippen molar-refractivity contribution in [3.8, 4) is 0 Å². The second-order valence-electron chi connectivity index (χ2n) is 5.27. The second-order valence-corrected chi connectivity index (χ2v) is 5.27. The van der Waals surface area contributed by atoms with Gasteiger partial charge in [-0.3, -0.25) is 4.79 Å². The first-order valence-electron chi connectivity index (χ1n) is 7.51. The largest absolute Gasteiger partial charge is 0.465 e. The molecule has 0 bridgehead atoms. The molecular weight excluding hydrogens is 212 g/mol. The Morgan fingerprint density at radius 1 is 1.00 bits per heavy atom. The smallest absolute Gasteiger partial charge is 0.309 e. The van der Waals surface area contributed by atoms with Crippen LogP contribution in [0.5, 0.6) is 0 Å². The molecule has 1 saturated heterocycles. The van der Waals surface area contributed by atoms with Crippen molar-refractivity contribution in [3.63, 3.8) is 0 Å². The lowest BCUT2D eigenvalue weighted by Gasteiger charge is -2.05. The lowest BCUT2D eigenvalue weighted by molar-refractivity contribution is -0.141. The number of rotatable bonds is 10. The molecule has 1 fully saturated rings. The van der Waals surface area contributed by atoms with Crippen LogP contribution in [0.3, 0.4) is 0 Å².